The first kappa shape index (κ1) is 22.7. The van der Waals surface area contributed by atoms with Crippen molar-refractivity contribution in [3.05, 3.63) is 108 Å². The highest BCUT2D eigenvalue weighted by atomic mass is 16.2. The number of carbonyl (C=O) groups is 2. The number of rotatable bonds is 5. The van der Waals surface area contributed by atoms with Crippen molar-refractivity contribution in [2.24, 2.45) is 0 Å². The van der Waals surface area contributed by atoms with Crippen LogP contribution in [0.2, 0.25) is 0 Å². The van der Waals surface area contributed by atoms with Crippen LogP contribution < -0.4 is 4.90 Å². The molecule has 3 amide bonds. The number of nitrogens with zero attached hydrogens (tertiary/aromatic N) is 4. The van der Waals surface area contributed by atoms with Gasteiger partial charge in [-0.3, -0.25) is 4.79 Å². The van der Waals surface area contributed by atoms with E-state index in [-0.39, 0.29) is 11.9 Å². The van der Waals surface area contributed by atoms with Crippen molar-refractivity contribution in [3.8, 4) is 28.6 Å². The molecule has 37 heavy (non-hydrogen) atoms. The molecule has 180 valence electrons. The van der Waals surface area contributed by atoms with E-state index in [1.54, 1.807) is 17.0 Å². The van der Waals surface area contributed by atoms with E-state index in [9.17, 15) is 9.59 Å². The molecule has 2 fully saturated rings. The fourth-order valence-corrected chi connectivity index (χ4v) is 5.48. The summed E-state index contributed by atoms with van der Waals surface area (Å²) in [6.07, 6.45) is 1.81. The normalized spacial score (nSPS) is 18.7. The van der Waals surface area contributed by atoms with Crippen LogP contribution in [0.4, 0.5) is 10.5 Å². The molecular formula is C31H24N4O2. The number of hydrogen-bond donors (Lipinski definition) is 0. The van der Waals surface area contributed by atoms with Gasteiger partial charge in [-0.15, -0.1) is 0 Å². The summed E-state index contributed by atoms with van der Waals surface area (Å²) >= 11 is 0. The molecule has 0 N–H and O–H groups in total. The number of anilines is 1. The minimum atomic E-state index is -0.922. The molecule has 3 heterocycles. The Morgan fingerprint density at radius 3 is 2.00 bits per heavy atom. The van der Waals surface area contributed by atoms with E-state index >= 15 is 0 Å². The first-order chi connectivity index (χ1) is 18.1. The van der Waals surface area contributed by atoms with Gasteiger partial charge in [-0.2, -0.15) is 5.26 Å². The van der Waals surface area contributed by atoms with E-state index in [0.29, 0.717) is 42.0 Å². The molecule has 2 aliphatic heterocycles. The summed E-state index contributed by atoms with van der Waals surface area (Å²) in [6, 6.07) is 32.3. The summed E-state index contributed by atoms with van der Waals surface area (Å²) in [7, 11) is 0. The van der Waals surface area contributed by atoms with Crippen molar-refractivity contribution in [1.29, 1.82) is 5.26 Å². The second-order valence-corrected chi connectivity index (χ2v) is 9.52. The van der Waals surface area contributed by atoms with E-state index < -0.39 is 5.54 Å². The van der Waals surface area contributed by atoms with Gasteiger partial charge < -0.3 is 4.90 Å². The van der Waals surface area contributed by atoms with E-state index in [1.165, 1.54) is 4.90 Å². The molecule has 1 unspecified atom stereocenters. The quantitative estimate of drug-likeness (QED) is 0.334. The predicted octanol–water partition coefficient (Wildman–Crippen LogP) is 5.83. The van der Waals surface area contributed by atoms with Crippen LogP contribution in [-0.2, 0) is 11.2 Å². The molecule has 3 aromatic carbocycles. The SMILES string of the molecule is N#Cc1ccc(CC23CCCN2C(=O)N(c2cc(-c4ccccc4)nc(-c4ccccc4)c2)C3=O)cc1. The van der Waals surface area contributed by atoms with Gasteiger partial charge in [-0.05, 0) is 42.7 Å². The molecule has 0 radical (unpaired) electrons. The van der Waals surface area contributed by atoms with Crippen LogP contribution in [0.3, 0.4) is 0 Å². The maximum absolute atomic E-state index is 14.1. The van der Waals surface area contributed by atoms with Crippen molar-refractivity contribution < 1.29 is 9.59 Å². The lowest BCUT2D eigenvalue weighted by molar-refractivity contribution is -0.123. The summed E-state index contributed by atoms with van der Waals surface area (Å²) in [5.41, 5.74) is 4.32. The zero-order chi connectivity index (χ0) is 25.4. The van der Waals surface area contributed by atoms with Gasteiger partial charge >= 0.3 is 6.03 Å². The molecular weight excluding hydrogens is 460 g/mol. The molecule has 2 saturated heterocycles. The zero-order valence-electron chi connectivity index (χ0n) is 20.2. The Bertz CT molecular complexity index is 1470. The van der Waals surface area contributed by atoms with Crippen LogP contribution in [0, 0.1) is 11.3 Å². The Balaban J connectivity index is 1.44. The van der Waals surface area contributed by atoms with Gasteiger partial charge in [0.2, 0.25) is 0 Å². The number of urea groups is 1. The summed E-state index contributed by atoms with van der Waals surface area (Å²) in [5, 5.41) is 9.14. The van der Waals surface area contributed by atoms with Gasteiger partial charge in [0.05, 0.1) is 28.7 Å². The van der Waals surface area contributed by atoms with Crippen LogP contribution in [0.15, 0.2) is 97.1 Å². The Labute approximate surface area is 215 Å². The number of fused-ring (bicyclic) bond motifs is 1. The molecule has 6 heteroatoms. The van der Waals surface area contributed by atoms with Gasteiger partial charge in [0.1, 0.15) is 5.54 Å². The molecule has 4 aromatic rings. The Morgan fingerprint density at radius 1 is 0.838 bits per heavy atom. The van der Waals surface area contributed by atoms with Gasteiger partial charge in [0, 0.05) is 24.1 Å². The molecule has 2 aliphatic rings. The van der Waals surface area contributed by atoms with Crippen LogP contribution in [0.5, 0.6) is 0 Å². The van der Waals surface area contributed by atoms with Crippen LogP contribution >= 0.6 is 0 Å². The second-order valence-electron chi connectivity index (χ2n) is 9.52. The van der Waals surface area contributed by atoms with Crippen LogP contribution in [0.25, 0.3) is 22.5 Å². The number of amides is 3. The number of aromatic nitrogens is 1. The number of benzene rings is 3. The molecule has 6 nitrogen and oxygen atoms in total. The van der Waals surface area contributed by atoms with E-state index in [0.717, 1.165) is 23.1 Å². The first-order valence-corrected chi connectivity index (χ1v) is 12.4. The third kappa shape index (κ3) is 3.85. The summed E-state index contributed by atoms with van der Waals surface area (Å²) in [5.74, 6) is -0.205. The van der Waals surface area contributed by atoms with E-state index in [2.05, 4.69) is 6.07 Å². The predicted molar refractivity (Wildman–Crippen MR) is 142 cm³/mol. The monoisotopic (exact) mass is 484 g/mol. The summed E-state index contributed by atoms with van der Waals surface area (Å²) < 4.78 is 0. The van der Waals surface area contributed by atoms with E-state index in [1.807, 2.05) is 84.9 Å². The molecule has 6 rings (SSSR count). The van der Waals surface area contributed by atoms with Gasteiger partial charge in [-0.1, -0.05) is 72.8 Å². The second kappa shape index (κ2) is 9.03. The summed E-state index contributed by atoms with van der Waals surface area (Å²) in [6.45, 7) is 0.541. The molecule has 0 aliphatic carbocycles. The largest absolute Gasteiger partial charge is 0.332 e. The number of carbonyl (C=O) groups excluding carboxylic acids is 2. The molecule has 0 spiro atoms. The lowest BCUT2D eigenvalue weighted by atomic mass is 9.87. The Morgan fingerprint density at radius 2 is 1.43 bits per heavy atom. The van der Waals surface area contributed by atoms with Crippen LogP contribution in [-0.4, -0.2) is 33.9 Å². The van der Waals surface area contributed by atoms with Crippen LogP contribution in [0.1, 0.15) is 24.0 Å². The average molecular weight is 485 g/mol. The topological polar surface area (TPSA) is 77.3 Å². The number of pyridine rings is 1. The zero-order valence-corrected chi connectivity index (χ0v) is 20.2. The Hall–Kier alpha value is -4.76. The molecule has 1 aromatic heterocycles. The smallest absolute Gasteiger partial charge is 0.309 e. The van der Waals surface area contributed by atoms with Gasteiger partial charge in [0.25, 0.3) is 5.91 Å². The highest BCUT2D eigenvalue weighted by Gasteiger charge is 2.59. The minimum Gasteiger partial charge on any atom is -0.309 e. The van der Waals surface area contributed by atoms with Crippen molar-refractivity contribution in [2.45, 2.75) is 24.8 Å². The third-order valence-electron chi connectivity index (χ3n) is 7.30. The molecule has 1 atom stereocenters. The van der Waals surface area contributed by atoms with Crippen molar-refractivity contribution in [2.75, 3.05) is 11.4 Å². The number of nitriles is 1. The maximum Gasteiger partial charge on any atom is 0.332 e. The third-order valence-corrected chi connectivity index (χ3v) is 7.30. The van der Waals surface area contributed by atoms with Crippen molar-refractivity contribution >= 4 is 17.6 Å². The Kier molecular flexibility index (Phi) is 5.54. The molecule has 0 bridgehead atoms. The first-order valence-electron chi connectivity index (χ1n) is 12.4. The summed E-state index contributed by atoms with van der Waals surface area (Å²) in [4.78, 5) is 35.8. The fraction of sp³-hybridized carbons (Fsp3) is 0.161. The van der Waals surface area contributed by atoms with Crippen molar-refractivity contribution in [1.82, 2.24) is 9.88 Å². The van der Waals surface area contributed by atoms with E-state index in [4.69, 9.17) is 10.2 Å². The van der Waals surface area contributed by atoms with Crippen molar-refractivity contribution in [3.63, 3.8) is 0 Å². The highest BCUT2D eigenvalue weighted by molar-refractivity contribution is 6.24. The standard InChI is InChI=1S/C31H24N4O2/c32-21-23-14-12-22(13-15-23)20-31-16-7-17-34(31)30(37)35(29(31)36)26-18-27(24-8-3-1-4-9-24)33-28(19-26)25-10-5-2-6-11-25/h1-6,8-15,18-19H,7,16-17,20H2. The highest BCUT2D eigenvalue weighted by Crippen LogP contribution is 2.43. The fourth-order valence-electron chi connectivity index (χ4n) is 5.48. The minimum absolute atomic E-state index is 0.205. The lowest BCUT2D eigenvalue weighted by Crippen LogP contribution is -2.47. The van der Waals surface area contributed by atoms with Gasteiger partial charge in [0.15, 0.2) is 0 Å². The maximum atomic E-state index is 14.1. The lowest BCUT2D eigenvalue weighted by Gasteiger charge is -2.28. The number of imide groups is 1. The average Bonchev–Trinajstić information content (AvgIpc) is 3.46. The number of hydrogen-bond acceptors (Lipinski definition) is 4. The van der Waals surface area contributed by atoms with Gasteiger partial charge in [-0.25, -0.2) is 14.7 Å². The molecule has 0 saturated carbocycles.